The molecule has 12 heteroatoms. The monoisotopic (exact) mass is 633 g/mol. The highest BCUT2D eigenvalue weighted by molar-refractivity contribution is 7.89. The lowest BCUT2D eigenvalue weighted by Gasteiger charge is -2.35. The Morgan fingerprint density at radius 3 is 2.20 bits per heavy atom. The minimum Gasteiger partial charge on any atom is -0.484 e. The smallest absolute Gasteiger partial charge is 0.240 e. The number of carbonyl (C=O) groups excluding carboxylic acids is 1. The molecular formula is C32H47N3O8S. The van der Waals surface area contributed by atoms with Gasteiger partial charge >= 0.3 is 0 Å². The summed E-state index contributed by atoms with van der Waals surface area (Å²) >= 11 is 0. The largest absolute Gasteiger partial charge is 0.484 e. The van der Waals surface area contributed by atoms with Crippen LogP contribution in [0.4, 0.5) is 0 Å². The predicted octanol–water partition coefficient (Wildman–Crippen LogP) is 2.70. The minimum atomic E-state index is -3.68. The Morgan fingerprint density at radius 2 is 1.50 bits per heavy atom. The van der Waals surface area contributed by atoms with Crippen LogP contribution < -0.4 is 14.8 Å². The number of fused-ring (bicyclic) bond motifs is 1. The number of hydrogen-bond donors (Lipinski definition) is 2. The number of nitrogens with one attached hydrogen (secondary N) is 2. The molecule has 2 aromatic carbocycles. The van der Waals surface area contributed by atoms with Gasteiger partial charge in [-0.1, -0.05) is 30.7 Å². The molecule has 2 aromatic rings. The molecule has 1 aliphatic heterocycles. The third-order valence-electron chi connectivity index (χ3n) is 7.78. The highest BCUT2D eigenvalue weighted by Gasteiger charge is 2.38. The number of sulfonamides is 1. The van der Waals surface area contributed by atoms with Gasteiger partial charge in [0, 0.05) is 26.6 Å². The van der Waals surface area contributed by atoms with Gasteiger partial charge in [-0.05, 0) is 67.7 Å². The van der Waals surface area contributed by atoms with Crippen LogP contribution in [0.25, 0.3) is 0 Å². The van der Waals surface area contributed by atoms with Crippen LogP contribution in [0, 0.1) is 0 Å². The van der Waals surface area contributed by atoms with Crippen molar-refractivity contribution in [2.75, 3.05) is 79.5 Å². The lowest BCUT2D eigenvalue weighted by molar-refractivity contribution is -0.122. The average Bonchev–Trinajstić information content (AvgIpc) is 3.41. The molecule has 1 aliphatic carbocycles. The molecule has 0 spiro atoms. The molecule has 0 bridgehead atoms. The molecular weight excluding hydrogens is 586 g/mol. The van der Waals surface area contributed by atoms with E-state index in [1.54, 1.807) is 31.4 Å². The van der Waals surface area contributed by atoms with Crippen molar-refractivity contribution in [2.45, 2.75) is 49.1 Å². The van der Waals surface area contributed by atoms with Crippen molar-refractivity contribution in [3.05, 3.63) is 59.7 Å². The maximum atomic E-state index is 12.8. The van der Waals surface area contributed by atoms with Crippen LogP contribution in [0.3, 0.4) is 0 Å². The Hall–Kier alpha value is -2.58. The maximum absolute atomic E-state index is 12.8. The molecule has 0 unspecified atom stereocenters. The van der Waals surface area contributed by atoms with Gasteiger partial charge in [0.1, 0.15) is 11.9 Å². The Balaban J connectivity index is 1.10. The van der Waals surface area contributed by atoms with Gasteiger partial charge in [-0.15, -0.1) is 0 Å². The number of piperidine rings is 1. The van der Waals surface area contributed by atoms with Crippen molar-refractivity contribution in [3.63, 3.8) is 0 Å². The SMILES string of the molecule is COCCC(=O)NCCOCCOCCOCCNS(=O)(=O)c1ccc(O[C@H]2c3ccccc3C[C@@H]2N2CCCCC2)cc1. The van der Waals surface area contributed by atoms with E-state index >= 15 is 0 Å². The van der Waals surface area contributed by atoms with Crippen molar-refractivity contribution in [1.29, 1.82) is 0 Å². The molecule has 2 atom stereocenters. The summed E-state index contributed by atoms with van der Waals surface area (Å²) in [5.41, 5.74) is 2.55. The first-order valence-corrected chi connectivity index (χ1v) is 17.0. The van der Waals surface area contributed by atoms with Crippen molar-refractivity contribution >= 4 is 15.9 Å². The lowest BCUT2D eigenvalue weighted by Crippen LogP contribution is -2.43. The molecule has 1 fully saturated rings. The summed E-state index contributed by atoms with van der Waals surface area (Å²) in [5.74, 6) is 0.590. The van der Waals surface area contributed by atoms with E-state index in [9.17, 15) is 13.2 Å². The molecule has 0 radical (unpaired) electrons. The molecule has 0 aromatic heterocycles. The molecule has 0 saturated carbocycles. The normalized spacial score (nSPS) is 18.7. The number of ether oxygens (including phenoxy) is 5. The highest BCUT2D eigenvalue weighted by Crippen LogP contribution is 2.39. The first kappa shape index (κ1) is 34.3. The van der Waals surface area contributed by atoms with Gasteiger partial charge in [-0.25, -0.2) is 13.1 Å². The van der Waals surface area contributed by atoms with Gasteiger partial charge in [0.25, 0.3) is 0 Å². The Kier molecular flexibility index (Phi) is 14.3. The first-order valence-electron chi connectivity index (χ1n) is 15.5. The summed E-state index contributed by atoms with van der Waals surface area (Å²) in [6.45, 7) is 5.31. The summed E-state index contributed by atoms with van der Waals surface area (Å²) in [6.07, 6.45) is 4.94. The molecule has 1 heterocycles. The second-order valence-corrected chi connectivity index (χ2v) is 12.7. The van der Waals surface area contributed by atoms with Crippen molar-refractivity contribution in [2.24, 2.45) is 0 Å². The molecule has 244 valence electrons. The first-order chi connectivity index (χ1) is 21.5. The fourth-order valence-corrected chi connectivity index (χ4v) is 6.53. The third-order valence-corrected chi connectivity index (χ3v) is 9.26. The molecule has 44 heavy (non-hydrogen) atoms. The van der Waals surface area contributed by atoms with Crippen LogP contribution in [0.1, 0.15) is 42.9 Å². The van der Waals surface area contributed by atoms with Crippen LogP contribution in [0.2, 0.25) is 0 Å². The topological polar surface area (TPSA) is 125 Å². The number of amides is 1. The zero-order valence-corrected chi connectivity index (χ0v) is 26.5. The number of likely N-dealkylation sites (tertiary alicyclic amines) is 1. The maximum Gasteiger partial charge on any atom is 0.240 e. The summed E-state index contributed by atoms with van der Waals surface area (Å²) in [5, 5.41) is 2.74. The Morgan fingerprint density at radius 1 is 0.841 bits per heavy atom. The second-order valence-electron chi connectivity index (χ2n) is 10.9. The Labute approximate surface area is 261 Å². The van der Waals surface area contributed by atoms with Gasteiger partial charge < -0.3 is 29.0 Å². The lowest BCUT2D eigenvalue weighted by atomic mass is 10.0. The van der Waals surface area contributed by atoms with Crippen LogP contribution in [0.5, 0.6) is 5.75 Å². The van der Waals surface area contributed by atoms with E-state index < -0.39 is 10.0 Å². The molecule has 2 aliphatic rings. The summed E-state index contributed by atoms with van der Waals surface area (Å²) in [6, 6.07) is 15.4. The molecule has 1 saturated heterocycles. The quantitative estimate of drug-likeness (QED) is 0.212. The highest BCUT2D eigenvalue weighted by atomic mass is 32.2. The van der Waals surface area contributed by atoms with E-state index in [1.807, 2.05) is 0 Å². The van der Waals surface area contributed by atoms with Crippen molar-refractivity contribution < 1.29 is 36.9 Å². The van der Waals surface area contributed by atoms with E-state index in [-0.39, 0.29) is 36.1 Å². The zero-order valence-electron chi connectivity index (χ0n) is 25.7. The van der Waals surface area contributed by atoms with Gasteiger partial charge in [0.2, 0.25) is 15.9 Å². The average molecular weight is 634 g/mol. The second kappa shape index (κ2) is 18.4. The van der Waals surface area contributed by atoms with Crippen molar-refractivity contribution in [3.8, 4) is 5.75 Å². The number of benzene rings is 2. The van der Waals surface area contributed by atoms with E-state index in [2.05, 4.69) is 39.2 Å². The van der Waals surface area contributed by atoms with Crippen molar-refractivity contribution in [1.82, 2.24) is 14.9 Å². The number of carbonyl (C=O) groups is 1. The van der Waals surface area contributed by atoms with Gasteiger partial charge in [0.05, 0.1) is 57.2 Å². The zero-order chi connectivity index (χ0) is 31.0. The summed E-state index contributed by atoms with van der Waals surface area (Å²) in [7, 11) is -2.12. The van der Waals surface area contributed by atoms with Crippen LogP contribution in [0.15, 0.2) is 53.4 Å². The summed E-state index contributed by atoms with van der Waals surface area (Å²) < 4.78 is 55.9. The van der Waals surface area contributed by atoms with E-state index in [1.165, 1.54) is 30.4 Å². The molecule has 4 rings (SSSR count). The molecule has 2 N–H and O–H groups in total. The Bertz CT molecular complexity index is 1240. The number of rotatable bonds is 20. The van der Waals surface area contributed by atoms with Crippen LogP contribution in [-0.2, 0) is 40.2 Å². The molecule has 1 amide bonds. The van der Waals surface area contributed by atoms with Gasteiger partial charge in [-0.3, -0.25) is 9.69 Å². The number of nitrogens with zero attached hydrogens (tertiary/aromatic N) is 1. The fraction of sp³-hybridized carbons (Fsp3) is 0.594. The van der Waals surface area contributed by atoms with Crippen LogP contribution >= 0.6 is 0 Å². The van der Waals surface area contributed by atoms with Gasteiger partial charge in [-0.2, -0.15) is 0 Å². The van der Waals surface area contributed by atoms with Gasteiger partial charge in [0.15, 0.2) is 0 Å². The fourth-order valence-electron chi connectivity index (χ4n) is 5.51. The number of methoxy groups -OCH3 is 1. The van der Waals surface area contributed by atoms with E-state index in [4.69, 9.17) is 23.7 Å². The standard InChI is InChI=1S/C32H47N3O8S/c1-39-18-13-31(36)33-14-19-40-21-23-42-24-22-41-20-15-34-44(37,38)28-11-9-27(10-12-28)43-32-29-8-4-3-7-26(29)25-30(32)35-16-5-2-6-17-35/h3-4,7-12,30,32,34H,2,5-6,13-25H2,1H3,(H,33,36)/t30-,32-/m0/s1. The molecule has 11 nitrogen and oxygen atoms in total. The van der Waals surface area contributed by atoms with Crippen LogP contribution in [-0.4, -0.2) is 105 Å². The van der Waals surface area contributed by atoms with E-state index in [0.29, 0.717) is 58.4 Å². The predicted molar refractivity (Wildman–Crippen MR) is 166 cm³/mol. The number of hydrogen-bond acceptors (Lipinski definition) is 9. The summed E-state index contributed by atoms with van der Waals surface area (Å²) in [4.78, 5) is 14.2. The van der Waals surface area contributed by atoms with E-state index in [0.717, 1.165) is 19.5 Å². The minimum absolute atomic E-state index is 0.0684. The third kappa shape index (κ3) is 10.8.